The summed E-state index contributed by atoms with van der Waals surface area (Å²) in [5.41, 5.74) is 8.50. The Bertz CT molecular complexity index is 872. The van der Waals surface area contributed by atoms with Gasteiger partial charge in [-0.25, -0.2) is 4.79 Å². The van der Waals surface area contributed by atoms with Crippen LogP contribution in [0.4, 0.5) is 10.6 Å². The molecular weight excluding hydrogens is 364 g/mol. The summed E-state index contributed by atoms with van der Waals surface area (Å²) in [6.45, 7) is 3.36. The van der Waals surface area contributed by atoms with Gasteiger partial charge in [-0.2, -0.15) is 0 Å². The third-order valence-electron chi connectivity index (χ3n) is 4.51. The number of aromatic hydroxyl groups is 1. The van der Waals surface area contributed by atoms with E-state index in [1.165, 1.54) is 13.2 Å². The first-order chi connectivity index (χ1) is 13.5. The Morgan fingerprint density at radius 1 is 1.39 bits per heavy atom. The van der Waals surface area contributed by atoms with Crippen LogP contribution in [0.15, 0.2) is 12.1 Å². The van der Waals surface area contributed by atoms with E-state index in [9.17, 15) is 9.90 Å². The maximum absolute atomic E-state index is 11.2. The number of rotatable bonds is 5. The summed E-state index contributed by atoms with van der Waals surface area (Å²) in [6.07, 6.45) is 0.484. The van der Waals surface area contributed by atoms with E-state index in [0.717, 1.165) is 17.5 Å². The summed E-state index contributed by atoms with van der Waals surface area (Å²) in [6, 6.07) is 3.34. The number of nitrogens with one attached hydrogen (secondary N) is 1. The van der Waals surface area contributed by atoms with Gasteiger partial charge in [-0.1, -0.05) is 0 Å². The number of methoxy groups -OCH3 is 1. The Kier molecular flexibility index (Phi) is 6.15. The SMILES string of the molecule is CCNc1nnc2c(c1COC(N)=O)CCCOCc1cc(OC)cc(O)c1-2. The predicted molar refractivity (Wildman–Crippen MR) is 102 cm³/mol. The minimum absolute atomic E-state index is 0.0216. The van der Waals surface area contributed by atoms with Crippen molar-refractivity contribution in [2.45, 2.75) is 33.0 Å². The van der Waals surface area contributed by atoms with Crippen molar-refractivity contribution in [3.8, 4) is 22.8 Å². The fourth-order valence-corrected chi connectivity index (χ4v) is 3.28. The van der Waals surface area contributed by atoms with E-state index in [-0.39, 0.29) is 12.4 Å². The number of primary amides is 1. The Labute approximate surface area is 162 Å². The minimum atomic E-state index is -0.868. The zero-order valence-corrected chi connectivity index (χ0v) is 15.9. The van der Waals surface area contributed by atoms with Gasteiger partial charge in [0.15, 0.2) is 5.82 Å². The molecule has 3 rings (SSSR count). The van der Waals surface area contributed by atoms with Crippen LogP contribution in [0.1, 0.15) is 30.0 Å². The van der Waals surface area contributed by atoms with Crippen LogP contribution < -0.4 is 15.8 Å². The number of carbonyl (C=O) groups is 1. The third kappa shape index (κ3) is 4.09. The van der Waals surface area contributed by atoms with E-state index >= 15 is 0 Å². The molecule has 0 saturated carbocycles. The number of amides is 1. The Balaban J connectivity index is 2.22. The molecule has 28 heavy (non-hydrogen) atoms. The van der Waals surface area contributed by atoms with Crippen molar-refractivity contribution < 1.29 is 24.1 Å². The molecule has 1 aromatic carbocycles. The largest absolute Gasteiger partial charge is 0.507 e. The van der Waals surface area contributed by atoms with Gasteiger partial charge in [0.05, 0.1) is 13.7 Å². The molecule has 9 nitrogen and oxygen atoms in total. The first kappa shape index (κ1) is 19.7. The number of carbonyl (C=O) groups excluding carboxylic acids is 1. The predicted octanol–water partition coefficient (Wildman–Crippen LogP) is 2.35. The van der Waals surface area contributed by atoms with Gasteiger partial charge in [-0.3, -0.25) is 0 Å². The van der Waals surface area contributed by atoms with Gasteiger partial charge >= 0.3 is 6.09 Å². The first-order valence-electron chi connectivity index (χ1n) is 9.07. The molecule has 0 bridgehead atoms. The maximum atomic E-state index is 11.2. The number of hydrogen-bond acceptors (Lipinski definition) is 8. The molecule has 4 N–H and O–H groups in total. The molecule has 150 valence electrons. The minimum Gasteiger partial charge on any atom is -0.507 e. The lowest BCUT2D eigenvalue weighted by atomic mass is 9.94. The normalized spacial score (nSPS) is 13.4. The number of anilines is 1. The molecule has 0 spiro atoms. The zero-order chi connectivity index (χ0) is 20.1. The Morgan fingerprint density at radius 3 is 2.93 bits per heavy atom. The monoisotopic (exact) mass is 388 g/mol. The van der Waals surface area contributed by atoms with Crippen LogP contribution in [-0.4, -0.2) is 41.7 Å². The number of fused-ring (bicyclic) bond motifs is 3. The molecule has 0 unspecified atom stereocenters. The molecule has 9 heteroatoms. The lowest BCUT2D eigenvalue weighted by Gasteiger charge is -2.18. The number of nitrogens with two attached hydrogens (primary N) is 1. The van der Waals surface area contributed by atoms with Crippen molar-refractivity contribution in [2.75, 3.05) is 25.6 Å². The average molecular weight is 388 g/mol. The molecule has 0 saturated heterocycles. The van der Waals surface area contributed by atoms with Gasteiger partial charge in [0, 0.05) is 30.3 Å². The standard InChI is InChI=1S/C19H24N4O5/c1-3-21-18-14(10-28-19(20)25)13-5-4-6-27-9-11-7-12(26-2)8-15(24)16(11)17(13)22-23-18/h7-8,24H,3-6,9-10H2,1-2H3,(H2,20,25)(H,21,23). The summed E-state index contributed by atoms with van der Waals surface area (Å²) in [5, 5.41) is 22.5. The Morgan fingerprint density at radius 2 is 2.21 bits per heavy atom. The molecule has 1 amide bonds. The fraction of sp³-hybridized carbons (Fsp3) is 0.421. The van der Waals surface area contributed by atoms with E-state index in [4.69, 9.17) is 19.9 Å². The van der Waals surface area contributed by atoms with E-state index in [1.807, 2.05) is 13.0 Å². The van der Waals surface area contributed by atoms with Gasteiger partial charge in [-0.15, -0.1) is 10.2 Å². The summed E-state index contributed by atoms with van der Waals surface area (Å²) >= 11 is 0. The van der Waals surface area contributed by atoms with Gasteiger partial charge in [-0.05, 0) is 37.0 Å². The van der Waals surface area contributed by atoms with Crippen LogP contribution in [0.5, 0.6) is 11.5 Å². The number of nitrogens with zero attached hydrogens (tertiary/aromatic N) is 2. The van der Waals surface area contributed by atoms with E-state index in [1.54, 1.807) is 0 Å². The van der Waals surface area contributed by atoms with Gasteiger partial charge in [0.1, 0.15) is 23.8 Å². The second kappa shape index (κ2) is 8.75. The highest BCUT2D eigenvalue weighted by Crippen LogP contribution is 2.40. The smallest absolute Gasteiger partial charge is 0.404 e. The highest BCUT2D eigenvalue weighted by Gasteiger charge is 2.24. The highest BCUT2D eigenvalue weighted by molar-refractivity contribution is 5.76. The van der Waals surface area contributed by atoms with Gasteiger partial charge in [0.25, 0.3) is 0 Å². The summed E-state index contributed by atoms with van der Waals surface area (Å²) in [5.74, 6) is 1.07. The van der Waals surface area contributed by atoms with E-state index in [2.05, 4.69) is 15.5 Å². The summed E-state index contributed by atoms with van der Waals surface area (Å²) < 4.78 is 16.1. The Hall–Kier alpha value is -3.07. The van der Waals surface area contributed by atoms with Crippen molar-refractivity contribution in [3.63, 3.8) is 0 Å². The van der Waals surface area contributed by atoms with Crippen LogP contribution in [0, 0.1) is 0 Å². The van der Waals surface area contributed by atoms with Crippen molar-refractivity contribution in [1.82, 2.24) is 10.2 Å². The van der Waals surface area contributed by atoms with Gasteiger partial charge < -0.3 is 30.4 Å². The van der Waals surface area contributed by atoms with Crippen molar-refractivity contribution in [2.24, 2.45) is 5.73 Å². The van der Waals surface area contributed by atoms with Crippen molar-refractivity contribution in [3.05, 3.63) is 28.8 Å². The second-order valence-corrected chi connectivity index (χ2v) is 6.33. The van der Waals surface area contributed by atoms with Crippen molar-refractivity contribution in [1.29, 1.82) is 0 Å². The molecule has 1 aromatic heterocycles. The van der Waals surface area contributed by atoms with E-state index in [0.29, 0.717) is 54.6 Å². The lowest BCUT2D eigenvalue weighted by molar-refractivity contribution is 0.119. The second-order valence-electron chi connectivity index (χ2n) is 6.33. The first-order valence-corrected chi connectivity index (χ1v) is 9.07. The molecule has 2 heterocycles. The lowest BCUT2D eigenvalue weighted by Crippen LogP contribution is -2.16. The van der Waals surface area contributed by atoms with Gasteiger partial charge in [0.2, 0.25) is 0 Å². The summed E-state index contributed by atoms with van der Waals surface area (Å²) in [4.78, 5) is 11.2. The third-order valence-corrected chi connectivity index (χ3v) is 4.51. The topological polar surface area (TPSA) is 129 Å². The number of phenols is 1. The number of ether oxygens (including phenoxy) is 3. The average Bonchev–Trinajstić information content (AvgIpc) is 2.75. The van der Waals surface area contributed by atoms with Crippen LogP contribution >= 0.6 is 0 Å². The highest BCUT2D eigenvalue weighted by atomic mass is 16.5. The molecule has 1 aliphatic heterocycles. The van der Waals surface area contributed by atoms with Crippen LogP contribution in [0.25, 0.3) is 11.3 Å². The van der Waals surface area contributed by atoms with Crippen LogP contribution in [-0.2, 0) is 29.1 Å². The molecular formula is C19H24N4O5. The maximum Gasteiger partial charge on any atom is 0.404 e. The number of phenolic OH excluding ortho intramolecular Hbond substituents is 1. The zero-order valence-electron chi connectivity index (χ0n) is 15.9. The quantitative estimate of drug-likeness (QED) is 0.712. The molecule has 0 radical (unpaired) electrons. The fourth-order valence-electron chi connectivity index (χ4n) is 3.28. The number of aromatic nitrogens is 2. The van der Waals surface area contributed by atoms with Crippen LogP contribution in [0.2, 0.25) is 0 Å². The van der Waals surface area contributed by atoms with E-state index < -0.39 is 6.09 Å². The molecule has 1 aliphatic rings. The molecule has 0 fully saturated rings. The number of benzene rings is 1. The molecule has 0 atom stereocenters. The summed E-state index contributed by atoms with van der Waals surface area (Å²) in [7, 11) is 1.53. The molecule has 2 aromatic rings. The molecule has 0 aliphatic carbocycles. The van der Waals surface area contributed by atoms with Crippen LogP contribution in [0.3, 0.4) is 0 Å². The van der Waals surface area contributed by atoms with Crippen molar-refractivity contribution >= 4 is 11.9 Å². The number of hydrogen-bond donors (Lipinski definition) is 3.